The Balaban J connectivity index is 4.84. The van der Waals surface area contributed by atoms with Crippen LogP contribution in [0.25, 0.3) is 0 Å². The van der Waals surface area contributed by atoms with Crippen LogP contribution in [0.3, 0.4) is 0 Å². The minimum Gasteiger partial charge on any atom is -0.462 e. The first-order chi connectivity index (χ1) is 7.02. The van der Waals surface area contributed by atoms with Gasteiger partial charge in [-0.05, 0) is 25.4 Å². The van der Waals surface area contributed by atoms with Crippen molar-refractivity contribution in [1.82, 2.24) is 0 Å². The second-order valence-corrected chi connectivity index (χ2v) is 2.84. The van der Waals surface area contributed by atoms with Gasteiger partial charge in [0.25, 0.3) is 0 Å². The molecule has 0 radical (unpaired) electrons. The van der Waals surface area contributed by atoms with E-state index in [1.54, 1.807) is 6.92 Å². The maximum Gasteiger partial charge on any atom is 0.483 e. The zero-order chi connectivity index (χ0) is 11.8. The van der Waals surface area contributed by atoms with Gasteiger partial charge < -0.3 is 14.8 Å². The van der Waals surface area contributed by atoms with Gasteiger partial charge in [-0.2, -0.15) is 0 Å². The minimum atomic E-state index is -1.58. The summed E-state index contributed by atoms with van der Waals surface area (Å²) < 4.78 is 4.77. The molecule has 5 heteroatoms. The highest BCUT2D eigenvalue weighted by Crippen LogP contribution is 2.06. The molecule has 0 atom stereocenters. The fraction of sp³-hybridized carbons (Fsp3) is 0.300. The van der Waals surface area contributed by atoms with Crippen LogP contribution in [0, 0.1) is 0 Å². The molecule has 0 spiro atoms. The van der Waals surface area contributed by atoms with Gasteiger partial charge in [-0.25, -0.2) is 4.79 Å². The van der Waals surface area contributed by atoms with Gasteiger partial charge in [0, 0.05) is 0 Å². The third-order valence-corrected chi connectivity index (χ3v) is 1.60. The van der Waals surface area contributed by atoms with E-state index < -0.39 is 13.1 Å². The normalized spacial score (nSPS) is 12.3. The van der Waals surface area contributed by atoms with Crippen molar-refractivity contribution in [3.05, 3.63) is 35.9 Å². The van der Waals surface area contributed by atoms with Crippen molar-refractivity contribution in [2.45, 2.75) is 13.8 Å². The molecule has 0 bridgehead atoms. The first-order valence-corrected chi connectivity index (χ1v) is 4.57. The molecule has 0 aliphatic heterocycles. The fourth-order valence-corrected chi connectivity index (χ4v) is 0.836. The summed E-state index contributed by atoms with van der Waals surface area (Å²) in [5.41, 5.74) is 0.494. The summed E-state index contributed by atoms with van der Waals surface area (Å²) in [7, 11) is -1.58. The number of rotatable bonds is 5. The molecule has 0 aromatic heterocycles. The first-order valence-electron chi connectivity index (χ1n) is 4.57. The predicted molar refractivity (Wildman–Crippen MR) is 58.9 cm³/mol. The Morgan fingerprint density at radius 2 is 2.13 bits per heavy atom. The van der Waals surface area contributed by atoms with Gasteiger partial charge >= 0.3 is 13.1 Å². The van der Waals surface area contributed by atoms with Crippen molar-refractivity contribution in [2.24, 2.45) is 0 Å². The average Bonchev–Trinajstić information content (AvgIpc) is 2.17. The van der Waals surface area contributed by atoms with Crippen LogP contribution in [-0.2, 0) is 9.53 Å². The third kappa shape index (κ3) is 5.19. The molecule has 0 rings (SSSR count). The molecule has 0 saturated carbocycles. The van der Waals surface area contributed by atoms with E-state index in [0.29, 0.717) is 0 Å². The summed E-state index contributed by atoms with van der Waals surface area (Å²) >= 11 is 0. The number of carbonyl (C=O) groups is 1. The Bertz CT molecular complexity index is 292. The number of carbonyl (C=O) groups excluding carboxylic acids is 1. The van der Waals surface area contributed by atoms with Crippen LogP contribution in [0.5, 0.6) is 0 Å². The van der Waals surface area contributed by atoms with E-state index >= 15 is 0 Å². The van der Waals surface area contributed by atoms with E-state index in [1.807, 2.05) is 0 Å². The van der Waals surface area contributed by atoms with Gasteiger partial charge in [0.2, 0.25) is 0 Å². The van der Waals surface area contributed by atoms with Crippen LogP contribution < -0.4 is 0 Å². The van der Waals surface area contributed by atoms with Crippen molar-refractivity contribution in [2.75, 3.05) is 6.61 Å². The Morgan fingerprint density at radius 1 is 1.53 bits per heavy atom. The quantitative estimate of drug-likeness (QED) is 0.302. The molecule has 0 aromatic rings. The zero-order valence-electron chi connectivity index (χ0n) is 8.93. The lowest BCUT2D eigenvalue weighted by Crippen LogP contribution is -2.14. The van der Waals surface area contributed by atoms with Crippen LogP contribution in [0.2, 0.25) is 0 Å². The standard InChI is InChI=1S/C10H15BO4/c1-4-6-9(10(12)15-5-2)7-8(3)11(13)14/h4,6-7,13-14H,1,5H2,2-3H3. The molecule has 4 nitrogen and oxygen atoms in total. The number of hydrogen-bond acceptors (Lipinski definition) is 4. The maximum absolute atomic E-state index is 11.3. The molecule has 2 N–H and O–H groups in total. The van der Waals surface area contributed by atoms with Crippen molar-refractivity contribution in [3.63, 3.8) is 0 Å². The van der Waals surface area contributed by atoms with Crippen molar-refractivity contribution in [3.8, 4) is 0 Å². The number of esters is 1. The van der Waals surface area contributed by atoms with Crippen molar-refractivity contribution in [1.29, 1.82) is 0 Å². The van der Waals surface area contributed by atoms with Crippen LogP contribution in [-0.4, -0.2) is 29.7 Å². The van der Waals surface area contributed by atoms with Gasteiger partial charge in [-0.3, -0.25) is 0 Å². The SMILES string of the molecule is C=CC=C(C=C(C)B(O)O)C(=O)OCC. The molecule has 0 unspecified atom stereocenters. The lowest BCUT2D eigenvalue weighted by atomic mass is 9.79. The van der Waals surface area contributed by atoms with E-state index in [9.17, 15) is 4.79 Å². The van der Waals surface area contributed by atoms with Gasteiger partial charge in [-0.1, -0.05) is 18.7 Å². The van der Waals surface area contributed by atoms with Crippen LogP contribution >= 0.6 is 0 Å². The topological polar surface area (TPSA) is 66.8 Å². The zero-order valence-corrected chi connectivity index (χ0v) is 8.93. The van der Waals surface area contributed by atoms with E-state index in [2.05, 4.69) is 6.58 Å². The smallest absolute Gasteiger partial charge is 0.462 e. The van der Waals surface area contributed by atoms with Gasteiger partial charge in [0.1, 0.15) is 0 Å². The molecule has 15 heavy (non-hydrogen) atoms. The van der Waals surface area contributed by atoms with Crippen molar-refractivity contribution >= 4 is 13.1 Å². The average molecular weight is 210 g/mol. The molecule has 82 valence electrons. The molecule has 0 saturated heterocycles. The highest BCUT2D eigenvalue weighted by Gasteiger charge is 2.13. The van der Waals surface area contributed by atoms with Crippen LogP contribution in [0.15, 0.2) is 35.9 Å². The van der Waals surface area contributed by atoms with Gasteiger partial charge in [0.05, 0.1) is 12.2 Å². The minimum absolute atomic E-state index is 0.234. The summed E-state index contributed by atoms with van der Waals surface area (Å²) in [6.07, 6.45) is 4.23. The van der Waals surface area contributed by atoms with E-state index in [0.717, 1.165) is 0 Å². The number of hydrogen-bond donors (Lipinski definition) is 2. The lowest BCUT2D eigenvalue weighted by Gasteiger charge is -2.03. The summed E-state index contributed by atoms with van der Waals surface area (Å²) in [6.45, 7) is 6.92. The van der Waals surface area contributed by atoms with E-state index in [1.165, 1.54) is 25.2 Å². The molecular formula is C10H15BO4. The molecule has 0 aromatic carbocycles. The summed E-state index contributed by atoms with van der Waals surface area (Å²) in [6, 6.07) is 0. The van der Waals surface area contributed by atoms with Crippen LogP contribution in [0.4, 0.5) is 0 Å². The predicted octanol–water partition coefficient (Wildman–Crippen LogP) is 0.620. The fourth-order valence-electron chi connectivity index (χ4n) is 0.836. The second-order valence-electron chi connectivity index (χ2n) is 2.84. The van der Waals surface area contributed by atoms with Gasteiger partial charge in [0.15, 0.2) is 0 Å². The monoisotopic (exact) mass is 210 g/mol. The summed E-state index contributed by atoms with van der Waals surface area (Å²) in [4.78, 5) is 11.3. The van der Waals surface area contributed by atoms with E-state index in [-0.39, 0.29) is 17.7 Å². The highest BCUT2D eigenvalue weighted by molar-refractivity contribution is 6.50. The Morgan fingerprint density at radius 3 is 2.53 bits per heavy atom. The largest absolute Gasteiger partial charge is 0.483 e. The first kappa shape index (κ1) is 13.7. The molecule has 0 fully saturated rings. The lowest BCUT2D eigenvalue weighted by molar-refractivity contribution is -0.138. The molecule has 0 aliphatic carbocycles. The molecule has 0 aliphatic rings. The number of allylic oxidation sites excluding steroid dienone is 3. The van der Waals surface area contributed by atoms with Crippen molar-refractivity contribution < 1.29 is 19.6 Å². The van der Waals surface area contributed by atoms with Gasteiger partial charge in [-0.15, -0.1) is 0 Å². The third-order valence-electron chi connectivity index (χ3n) is 1.60. The summed E-state index contributed by atoms with van der Waals surface area (Å²) in [5, 5.41) is 17.7. The second kappa shape index (κ2) is 7.03. The molecule has 0 heterocycles. The highest BCUT2D eigenvalue weighted by atomic mass is 16.5. The summed E-state index contributed by atoms with van der Waals surface area (Å²) in [5.74, 6) is -0.516. The number of ether oxygens (including phenoxy) is 1. The van der Waals surface area contributed by atoms with Crippen LogP contribution in [0.1, 0.15) is 13.8 Å². The maximum atomic E-state index is 11.3. The molecule has 0 amide bonds. The Hall–Kier alpha value is -1.33. The molecular weight excluding hydrogens is 195 g/mol. The Kier molecular flexibility index (Phi) is 6.41. The van der Waals surface area contributed by atoms with E-state index in [4.69, 9.17) is 14.8 Å². The Labute approximate surface area is 89.7 Å².